The molecule has 3 rings (SSSR count). The Morgan fingerprint density at radius 1 is 1.32 bits per heavy atom. The van der Waals surface area contributed by atoms with E-state index in [1.165, 1.54) is 16.0 Å². The molecule has 0 fully saturated rings. The van der Waals surface area contributed by atoms with Crippen molar-refractivity contribution in [2.45, 2.75) is 26.8 Å². The molecule has 0 amide bonds. The lowest BCUT2D eigenvalue weighted by molar-refractivity contribution is 0.440. The molecule has 1 aromatic carbocycles. The molecule has 4 nitrogen and oxygen atoms in total. The number of hydrogen-bond donors (Lipinski definition) is 1. The number of aryl methyl sites for hydroxylation is 1. The maximum absolute atomic E-state index is 4.79. The van der Waals surface area contributed by atoms with Crippen LogP contribution in [0.5, 0.6) is 0 Å². The van der Waals surface area contributed by atoms with Crippen LogP contribution in [-0.2, 0) is 6.54 Å². The van der Waals surface area contributed by atoms with Crippen molar-refractivity contribution in [3.8, 4) is 0 Å². The molecule has 1 aliphatic heterocycles. The van der Waals surface area contributed by atoms with E-state index in [1.807, 2.05) is 13.1 Å². The fourth-order valence-electron chi connectivity index (χ4n) is 2.83. The molecule has 0 radical (unpaired) electrons. The fraction of sp³-hybridized carbons (Fsp3) is 0.368. The van der Waals surface area contributed by atoms with Gasteiger partial charge in [0.1, 0.15) is 0 Å². The minimum Gasteiger partial charge on any atom is -0.356 e. The molecule has 0 unspecified atom stereocenters. The molecule has 134 valence electrons. The van der Waals surface area contributed by atoms with E-state index in [4.69, 9.17) is 4.99 Å². The zero-order valence-corrected chi connectivity index (χ0v) is 17.9. The molecule has 0 saturated heterocycles. The predicted octanol–water partition coefficient (Wildman–Crippen LogP) is 4.32. The number of nitrogens with zero attached hydrogens (tertiary/aromatic N) is 3. The zero-order chi connectivity index (χ0) is 16.8. The summed E-state index contributed by atoms with van der Waals surface area (Å²) in [6, 6.07) is 10.6. The van der Waals surface area contributed by atoms with Crippen LogP contribution >= 0.6 is 35.3 Å². The van der Waals surface area contributed by atoms with Gasteiger partial charge in [-0.1, -0.05) is 36.4 Å². The number of guanidine groups is 1. The molecule has 0 saturated carbocycles. The van der Waals surface area contributed by atoms with Crippen molar-refractivity contribution in [3.05, 3.63) is 58.1 Å². The summed E-state index contributed by atoms with van der Waals surface area (Å²) in [6.45, 7) is 7.61. The first-order valence-electron chi connectivity index (χ1n) is 8.45. The highest BCUT2D eigenvalue weighted by atomic mass is 127. The second-order valence-electron chi connectivity index (χ2n) is 5.81. The third kappa shape index (κ3) is 5.54. The maximum atomic E-state index is 4.79. The minimum absolute atomic E-state index is 0. The number of aliphatic imine (C=N–C) groups is 1. The molecule has 2 heterocycles. The number of thiazole rings is 1. The molecule has 1 N–H and O–H groups in total. The van der Waals surface area contributed by atoms with Crippen LogP contribution in [0.4, 0.5) is 0 Å². The summed E-state index contributed by atoms with van der Waals surface area (Å²) in [4.78, 5) is 12.6. The van der Waals surface area contributed by atoms with Gasteiger partial charge >= 0.3 is 0 Å². The van der Waals surface area contributed by atoms with Gasteiger partial charge in [0.25, 0.3) is 0 Å². The average Bonchev–Trinajstić information content (AvgIpc) is 3.05. The van der Waals surface area contributed by atoms with Gasteiger partial charge in [-0.2, -0.15) is 0 Å². The van der Waals surface area contributed by atoms with Crippen molar-refractivity contribution in [3.63, 3.8) is 0 Å². The van der Waals surface area contributed by atoms with Gasteiger partial charge in [0, 0.05) is 30.7 Å². The van der Waals surface area contributed by atoms with Crippen molar-refractivity contribution in [1.82, 2.24) is 15.2 Å². The van der Waals surface area contributed by atoms with Crippen LogP contribution in [0.1, 0.15) is 28.8 Å². The summed E-state index contributed by atoms with van der Waals surface area (Å²) in [7, 11) is 0. The van der Waals surface area contributed by atoms with Crippen molar-refractivity contribution in [2.24, 2.45) is 4.99 Å². The van der Waals surface area contributed by atoms with Gasteiger partial charge in [0.05, 0.1) is 11.6 Å². The number of halogens is 1. The predicted molar refractivity (Wildman–Crippen MR) is 118 cm³/mol. The molecule has 0 bridgehead atoms. The summed E-state index contributed by atoms with van der Waals surface area (Å²) in [5.74, 6) is 0.993. The number of aromatic nitrogens is 1. The van der Waals surface area contributed by atoms with E-state index >= 15 is 0 Å². The molecular formula is C19H25IN4S. The third-order valence-corrected chi connectivity index (χ3v) is 4.94. The Hall–Kier alpha value is -1.41. The van der Waals surface area contributed by atoms with Gasteiger partial charge in [0.15, 0.2) is 5.96 Å². The molecule has 1 aromatic heterocycles. The lowest BCUT2D eigenvalue weighted by Crippen LogP contribution is -2.43. The first-order valence-corrected chi connectivity index (χ1v) is 9.27. The van der Waals surface area contributed by atoms with Crippen molar-refractivity contribution < 1.29 is 0 Å². The molecule has 0 spiro atoms. The average molecular weight is 468 g/mol. The van der Waals surface area contributed by atoms with E-state index in [1.54, 1.807) is 11.3 Å². The van der Waals surface area contributed by atoms with Gasteiger partial charge in [-0.15, -0.1) is 35.3 Å². The summed E-state index contributed by atoms with van der Waals surface area (Å²) < 4.78 is 0. The SMILES string of the molecule is CCNC(=NCc1cnc(C)s1)N1CC=C(c2ccccc2)CC1.I. The molecular weight excluding hydrogens is 443 g/mol. The Kier molecular flexibility index (Phi) is 7.90. The standard InChI is InChI=1S/C19H24N4S.HI/c1-3-20-19(22-14-18-13-21-15(2)24-18)23-11-9-17(10-12-23)16-7-5-4-6-8-16;/h4-9,13H,3,10-12,14H2,1-2H3,(H,20,22);1H. The first kappa shape index (κ1) is 19.9. The zero-order valence-electron chi connectivity index (χ0n) is 14.7. The highest BCUT2D eigenvalue weighted by Crippen LogP contribution is 2.22. The molecule has 0 aliphatic carbocycles. The van der Waals surface area contributed by atoms with Crippen molar-refractivity contribution in [1.29, 1.82) is 0 Å². The molecule has 1 aliphatic rings. The van der Waals surface area contributed by atoms with Crippen LogP contribution in [0.2, 0.25) is 0 Å². The number of benzene rings is 1. The lowest BCUT2D eigenvalue weighted by atomic mass is 10.00. The quantitative estimate of drug-likeness (QED) is 0.413. The summed E-state index contributed by atoms with van der Waals surface area (Å²) in [5.41, 5.74) is 2.76. The van der Waals surface area contributed by atoms with Crippen molar-refractivity contribution in [2.75, 3.05) is 19.6 Å². The second-order valence-corrected chi connectivity index (χ2v) is 7.13. The second kappa shape index (κ2) is 9.91. The summed E-state index contributed by atoms with van der Waals surface area (Å²) >= 11 is 1.72. The monoisotopic (exact) mass is 468 g/mol. The highest BCUT2D eigenvalue weighted by molar-refractivity contribution is 14.0. The largest absolute Gasteiger partial charge is 0.356 e. The maximum Gasteiger partial charge on any atom is 0.194 e. The van der Waals surface area contributed by atoms with Crippen LogP contribution in [0.15, 0.2) is 47.6 Å². The van der Waals surface area contributed by atoms with E-state index in [9.17, 15) is 0 Å². The molecule has 0 atom stereocenters. The van der Waals surface area contributed by atoms with Crippen LogP contribution in [0.3, 0.4) is 0 Å². The third-order valence-electron chi connectivity index (χ3n) is 4.04. The van der Waals surface area contributed by atoms with Crippen LogP contribution in [0.25, 0.3) is 5.57 Å². The Morgan fingerprint density at radius 3 is 2.72 bits per heavy atom. The van der Waals surface area contributed by atoms with Gasteiger partial charge < -0.3 is 10.2 Å². The normalized spacial score (nSPS) is 14.7. The van der Waals surface area contributed by atoms with Crippen LogP contribution < -0.4 is 5.32 Å². The number of rotatable bonds is 4. The van der Waals surface area contributed by atoms with Gasteiger partial charge in [0.2, 0.25) is 0 Å². The molecule has 25 heavy (non-hydrogen) atoms. The lowest BCUT2D eigenvalue weighted by Gasteiger charge is -2.29. The molecule has 6 heteroatoms. The Labute approximate surface area is 171 Å². The number of hydrogen-bond acceptors (Lipinski definition) is 3. The Morgan fingerprint density at radius 2 is 2.12 bits per heavy atom. The van der Waals surface area contributed by atoms with E-state index in [-0.39, 0.29) is 24.0 Å². The molecule has 2 aromatic rings. The summed E-state index contributed by atoms with van der Waals surface area (Å²) in [6.07, 6.45) is 5.30. The first-order chi connectivity index (χ1) is 11.8. The van der Waals surface area contributed by atoms with E-state index < -0.39 is 0 Å². The van der Waals surface area contributed by atoms with Crippen molar-refractivity contribution >= 4 is 46.8 Å². The summed E-state index contributed by atoms with van der Waals surface area (Å²) in [5, 5.41) is 4.51. The van der Waals surface area contributed by atoms with E-state index in [0.717, 1.165) is 37.0 Å². The topological polar surface area (TPSA) is 40.5 Å². The van der Waals surface area contributed by atoms with Gasteiger partial charge in [-0.3, -0.25) is 0 Å². The fourth-order valence-corrected chi connectivity index (χ4v) is 3.55. The Balaban J connectivity index is 0.00000225. The number of nitrogens with one attached hydrogen (secondary N) is 1. The Bertz CT molecular complexity index is 724. The smallest absolute Gasteiger partial charge is 0.194 e. The minimum atomic E-state index is 0. The van der Waals surface area contributed by atoms with E-state index in [0.29, 0.717) is 6.54 Å². The van der Waals surface area contributed by atoms with Crippen LogP contribution in [0, 0.1) is 6.92 Å². The van der Waals surface area contributed by atoms with Gasteiger partial charge in [-0.05, 0) is 31.4 Å². The highest BCUT2D eigenvalue weighted by Gasteiger charge is 2.16. The van der Waals surface area contributed by atoms with E-state index in [2.05, 4.69) is 58.5 Å². The van der Waals surface area contributed by atoms with Gasteiger partial charge in [-0.25, -0.2) is 9.98 Å². The van der Waals surface area contributed by atoms with Crippen LogP contribution in [-0.4, -0.2) is 35.5 Å².